The standard InChI is InChI=1S/C12H23N3O/c1-6-13-10(4)9(3)12-11(16-5)8-14-15(12)7-2/h8-10,13H,6-7H2,1-5H3. The molecule has 0 aromatic carbocycles. The van der Waals surface area contributed by atoms with Gasteiger partial charge in [-0.1, -0.05) is 13.8 Å². The zero-order valence-electron chi connectivity index (χ0n) is 10.9. The van der Waals surface area contributed by atoms with E-state index in [0.717, 1.165) is 18.8 Å². The van der Waals surface area contributed by atoms with Crippen LogP contribution in [0.2, 0.25) is 0 Å². The lowest BCUT2D eigenvalue weighted by Gasteiger charge is -2.22. The number of ether oxygens (including phenoxy) is 1. The largest absolute Gasteiger partial charge is 0.493 e. The summed E-state index contributed by atoms with van der Waals surface area (Å²) in [6.45, 7) is 10.5. The fourth-order valence-corrected chi connectivity index (χ4v) is 1.98. The zero-order valence-corrected chi connectivity index (χ0v) is 10.9. The van der Waals surface area contributed by atoms with Crippen LogP contribution in [0.5, 0.6) is 5.75 Å². The molecule has 0 spiro atoms. The Hall–Kier alpha value is -1.03. The predicted molar refractivity (Wildman–Crippen MR) is 66.0 cm³/mol. The van der Waals surface area contributed by atoms with E-state index < -0.39 is 0 Å². The van der Waals surface area contributed by atoms with Crippen LogP contribution in [0.4, 0.5) is 0 Å². The number of hydrogen-bond acceptors (Lipinski definition) is 3. The molecule has 1 aromatic rings. The average Bonchev–Trinajstić information content (AvgIpc) is 2.70. The average molecular weight is 225 g/mol. The van der Waals surface area contributed by atoms with Gasteiger partial charge in [-0.15, -0.1) is 0 Å². The van der Waals surface area contributed by atoms with Crippen molar-refractivity contribution in [3.8, 4) is 5.75 Å². The molecular weight excluding hydrogens is 202 g/mol. The molecule has 16 heavy (non-hydrogen) atoms. The predicted octanol–water partition coefficient (Wildman–Crippen LogP) is 2.01. The van der Waals surface area contributed by atoms with Crippen molar-refractivity contribution >= 4 is 0 Å². The molecule has 0 saturated carbocycles. The second kappa shape index (κ2) is 5.89. The molecule has 0 aliphatic carbocycles. The Morgan fingerprint density at radius 2 is 2.12 bits per heavy atom. The van der Waals surface area contributed by atoms with Crippen molar-refractivity contribution in [1.29, 1.82) is 0 Å². The second-order valence-electron chi connectivity index (χ2n) is 4.05. The summed E-state index contributed by atoms with van der Waals surface area (Å²) in [5.41, 5.74) is 1.18. The first-order valence-electron chi connectivity index (χ1n) is 5.98. The van der Waals surface area contributed by atoms with Gasteiger partial charge < -0.3 is 10.1 Å². The minimum atomic E-state index is 0.386. The van der Waals surface area contributed by atoms with Gasteiger partial charge in [0.25, 0.3) is 0 Å². The Morgan fingerprint density at radius 3 is 2.62 bits per heavy atom. The number of hydrogen-bond donors (Lipinski definition) is 1. The summed E-state index contributed by atoms with van der Waals surface area (Å²) in [5, 5.41) is 7.77. The first-order chi connectivity index (χ1) is 7.65. The minimum Gasteiger partial charge on any atom is -0.493 e. The number of rotatable bonds is 6. The third-order valence-electron chi connectivity index (χ3n) is 3.07. The Morgan fingerprint density at radius 1 is 1.44 bits per heavy atom. The molecule has 0 amide bonds. The summed E-state index contributed by atoms with van der Waals surface area (Å²) >= 11 is 0. The van der Waals surface area contributed by atoms with Crippen molar-refractivity contribution < 1.29 is 4.74 Å². The molecule has 0 fully saturated rings. The van der Waals surface area contributed by atoms with Gasteiger partial charge in [0.1, 0.15) is 0 Å². The molecule has 4 nitrogen and oxygen atoms in total. The van der Waals surface area contributed by atoms with E-state index in [9.17, 15) is 0 Å². The highest BCUT2D eigenvalue weighted by Crippen LogP contribution is 2.28. The van der Waals surface area contributed by atoms with E-state index in [1.54, 1.807) is 13.3 Å². The third kappa shape index (κ3) is 2.55. The normalized spacial score (nSPS) is 14.8. The van der Waals surface area contributed by atoms with E-state index in [4.69, 9.17) is 4.74 Å². The number of methoxy groups -OCH3 is 1. The van der Waals surface area contributed by atoms with E-state index in [0.29, 0.717) is 12.0 Å². The summed E-state index contributed by atoms with van der Waals surface area (Å²) in [5.74, 6) is 1.27. The van der Waals surface area contributed by atoms with Crippen LogP contribution >= 0.6 is 0 Å². The van der Waals surface area contributed by atoms with Gasteiger partial charge in [0.05, 0.1) is 19.0 Å². The SMILES string of the molecule is CCNC(C)C(C)c1c(OC)cnn1CC. The monoisotopic (exact) mass is 225 g/mol. The molecule has 2 unspecified atom stereocenters. The lowest BCUT2D eigenvalue weighted by molar-refractivity contribution is 0.390. The fraction of sp³-hybridized carbons (Fsp3) is 0.750. The molecule has 1 aromatic heterocycles. The van der Waals surface area contributed by atoms with Crippen molar-refractivity contribution in [2.75, 3.05) is 13.7 Å². The summed E-state index contributed by atoms with van der Waals surface area (Å²) < 4.78 is 7.38. The summed E-state index contributed by atoms with van der Waals surface area (Å²) in [6.07, 6.45) is 1.80. The van der Waals surface area contributed by atoms with Crippen molar-refractivity contribution in [2.24, 2.45) is 0 Å². The molecule has 1 N–H and O–H groups in total. The van der Waals surface area contributed by atoms with Crippen molar-refractivity contribution in [3.05, 3.63) is 11.9 Å². The van der Waals surface area contributed by atoms with Gasteiger partial charge in [0.2, 0.25) is 0 Å². The molecule has 0 aliphatic heterocycles. The van der Waals surface area contributed by atoms with Crippen LogP contribution in [-0.2, 0) is 6.54 Å². The van der Waals surface area contributed by atoms with Crippen LogP contribution in [0.25, 0.3) is 0 Å². The second-order valence-corrected chi connectivity index (χ2v) is 4.05. The maximum absolute atomic E-state index is 5.37. The number of aryl methyl sites for hydroxylation is 1. The molecule has 0 saturated heterocycles. The van der Waals surface area contributed by atoms with Gasteiger partial charge in [-0.2, -0.15) is 5.10 Å². The number of nitrogens with one attached hydrogen (secondary N) is 1. The number of aromatic nitrogens is 2. The molecular formula is C12H23N3O. The van der Waals surface area contributed by atoms with Crippen LogP contribution in [-0.4, -0.2) is 29.5 Å². The summed E-state index contributed by atoms with van der Waals surface area (Å²) in [6, 6.07) is 0.417. The van der Waals surface area contributed by atoms with Crippen LogP contribution in [0, 0.1) is 0 Å². The Balaban J connectivity index is 2.95. The Bertz CT molecular complexity index is 301. The van der Waals surface area contributed by atoms with Crippen LogP contribution in [0.15, 0.2) is 6.20 Å². The molecule has 0 aliphatic rings. The smallest absolute Gasteiger partial charge is 0.160 e. The molecule has 1 heterocycles. The molecule has 1 rings (SSSR count). The van der Waals surface area contributed by atoms with Gasteiger partial charge in [-0.3, -0.25) is 4.68 Å². The van der Waals surface area contributed by atoms with Crippen molar-refractivity contribution in [2.45, 2.75) is 46.2 Å². The summed E-state index contributed by atoms with van der Waals surface area (Å²) in [7, 11) is 1.70. The van der Waals surface area contributed by atoms with E-state index in [1.807, 2.05) is 4.68 Å². The zero-order chi connectivity index (χ0) is 12.1. The topological polar surface area (TPSA) is 39.1 Å². The molecule has 4 heteroatoms. The van der Waals surface area contributed by atoms with Crippen molar-refractivity contribution in [1.82, 2.24) is 15.1 Å². The maximum atomic E-state index is 5.37. The third-order valence-corrected chi connectivity index (χ3v) is 3.07. The van der Waals surface area contributed by atoms with Crippen LogP contribution in [0.3, 0.4) is 0 Å². The maximum Gasteiger partial charge on any atom is 0.160 e. The fourth-order valence-electron chi connectivity index (χ4n) is 1.98. The van der Waals surface area contributed by atoms with Gasteiger partial charge in [0, 0.05) is 18.5 Å². The minimum absolute atomic E-state index is 0.386. The van der Waals surface area contributed by atoms with E-state index in [2.05, 4.69) is 38.1 Å². The van der Waals surface area contributed by atoms with Gasteiger partial charge in [-0.25, -0.2) is 0 Å². The lowest BCUT2D eigenvalue weighted by atomic mass is 9.99. The molecule has 0 bridgehead atoms. The molecule has 0 radical (unpaired) electrons. The lowest BCUT2D eigenvalue weighted by Crippen LogP contribution is -2.31. The highest BCUT2D eigenvalue weighted by Gasteiger charge is 2.21. The molecule has 2 atom stereocenters. The summed E-state index contributed by atoms with van der Waals surface area (Å²) in [4.78, 5) is 0. The Kier molecular flexibility index (Phi) is 4.80. The highest BCUT2D eigenvalue weighted by atomic mass is 16.5. The van der Waals surface area contributed by atoms with Gasteiger partial charge >= 0.3 is 0 Å². The molecule has 92 valence electrons. The first-order valence-corrected chi connectivity index (χ1v) is 5.98. The van der Waals surface area contributed by atoms with Gasteiger partial charge in [-0.05, 0) is 20.4 Å². The highest BCUT2D eigenvalue weighted by molar-refractivity contribution is 5.29. The Labute approximate surface area is 98.0 Å². The van der Waals surface area contributed by atoms with E-state index in [-0.39, 0.29) is 0 Å². The van der Waals surface area contributed by atoms with Crippen LogP contribution in [0.1, 0.15) is 39.3 Å². The first kappa shape index (κ1) is 13.0. The number of likely N-dealkylation sites (N-methyl/N-ethyl adjacent to an activating group) is 1. The van der Waals surface area contributed by atoms with E-state index in [1.165, 1.54) is 5.69 Å². The van der Waals surface area contributed by atoms with Gasteiger partial charge in [0.15, 0.2) is 5.75 Å². The van der Waals surface area contributed by atoms with E-state index >= 15 is 0 Å². The van der Waals surface area contributed by atoms with Crippen LogP contribution < -0.4 is 10.1 Å². The number of nitrogens with zero attached hydrogens (tertiary/aromatic N) is 2. The quantitative estimate of drug-likeness (QED) is 0.805. The van der Waals surface area contributed by atoms with Crippen molar-refractivity contribution in [3.63, 3.8) is 0 Å².